The molecule has 1 unspecified atom stereocenters. The van der Waals surface area contributed by atoms with Gasteiger partial charge in [-0.15, -0.1) is 0 Å². The first-order valence-electron chi connectivity index (χ1n) is 6.92. The maximum atomic E-state index is 10.3. The molecule has 17 heavy (non-hydrogen) atoms. The van der Waals surface area contributed by atoms with Gasteiger partial charge in [-0.3, -0.25) is 0 Å². The molecule has 94 valence electrons. The molecule has 0 bridgehead atoms. The third kappa shape index (κ3) is 3.32. The normalized spacial score (nSPS) is 18.5. The highest BCUT2D eigenvalue weighted by Gasteiger charge is 2.17. The number of aliphatic hydroxyl groups excluding tert-OH is 1. The van der Waals surface area contributed by atoms with Crippen molar-refractivity contribution in [3.8, 4) is 0 Å². The van der Waals surface area contributed by atoms with Gasteiger partial charge >= 0.3 is 0 Å². The van der Waals surface area contributed by atoms with E-state index in [9.17, 15) is 5.11 Å². The summed E-state index contributed by atoms with van der Waals surface area (Å²) in [6.45, 7) is 4.20. The van der Waals surface area contributed by atoms with Gasteiger partial charge in [-0.2, -0.15) is 0 Å². The van der Waals surface area contributed by atoms with Gasteiger partial charge < -0.3 is 5.11 Å². The molecule has 2 rings (SSSR count). The Balaban J connectivity index is 1.91. The zero-order valence-corrected chi connectivity index (χ0v) is 11.1. The number of hydrogen-bond donors (Lipinski definition) is 1. The minimum atomic E-state index is -0.267. The number of benzene rings is 1. The van der Waals surface area contributed by atoms with Crippen LogP contribution in [0.2, 0.25) is 0 Å². The molecule has 1 aliphatic rings. The van der Waals surface area contributed by atoms with Crippen molar-refractivity contribution >= 4 is 0 Å². The van der Waals surface area contributed by atoms with Crippen LogP contribution in [0.5, 0.6) is 0 Å². The lowest BCUT2D eigenvalue weighted by Crippen LogP contribution is -2.03. The molecule has 0 saturated heterocycles. The molecule has 1 aromatic carbocycles. The maximum Gasteiger partial charge on any atom is 0.0792 e. The maximum absolute atomic E-state index is 10.3. The predicted molar refractivity (Wildman–Crippen MR) is 72.1 cm³/mol. The molecule has 1 saturated carbocycles. The Morgan fingerprint density at radius 1 is 1.24 bits per heavy atom. The van der Waals surface area contributed by atoms with Crippen LogP contribution >= 0.6 is 0 Å². The van der Waals surface area contributed by atoms with E-state index in [1.54, 1.807) is 0 Å². The van der Waals surface area contributed by atoms with Crippen LogP contribution in [0.4, 0.5) is 0 Å². The van der Waals surface area contributed by atoms with Gasteiger partial charge in [0.15, 0.2) is 0 Å². The van der Waals surface area contributed by atoms with E-state index in [0.717, 1.165) is 17.9 Å². The van der Waals surface area contributed by atoms with Crippen molar-refractivity contribution in [3.63, 3.8) is 0 Å². The molecule has 1 atom stereocenters. The Hall–Kier alpha value is -0.820. The third-order valence-electron chi connectivity index (χ3n) is 4.11. The average Bonchev–Trinajstić information content (AvgIpc) is 2.78. The van der Waals surface area contributed by atoms with E-state index >= 15 is 0 Å². The summed E-state index contributed by atoms with van der Waals surface area (Å²) >= 11 is 0. The molecule has 1 heteroatoms. The molecule has 0 spiro atoms. The number of aryl methyl sites for hydroxylation is 2. The fourth-order valence-corrected chi connectivity index (χ4v) is 3.05. The van der Waals surface area contributed by atoms with Crippen LogP contribution in [0.25, 0.3) is 0 Å². The van der Waals surface area contributed by atoms with Crippen molar-refractivity contribution < 1.29 is 5.11 Å². The van der Waals surface area contributed by atoms with E-state index in [4.69, 9.17) is 0 Å². The van der Waals surface area contributed by atoms with Crippen LogP contribution in [-0.4, -0.2) is 5.11 Å². The van der Waals surface area contributed by atoms with Crippen molar-refractivity contribution in [1.29, 1.82) is 0 Å². The molecule has 1 aliphatic carbocycles. The summed E-state index contributed by atoms with van der Waals surface area (Å²) in [4.78, 5) is 0. The number of rotatable bonds is 4. The van der Waals surface area contributed by atoms with Crippen LogP contribution in [0.15, 0.2) is 18.2 Å². The zero-order valence-electron chi connectivity index (χ0n) is 11.1. The number of aliphatic hydroxyl groups is 1. The highest BCUT2D eigenvalue weighted by Crippen LogP contribution is 2.32. The second kappa shape index (κ2) is 5.68. The monoisotopic (exact) mass is 232 g/mol. The fraction of sp³-hybridized carbons (Fsp3) is 0.625. The Kier molecular flexibility index (Phi) is 4.22. The van der Waals surface area contributed by atoms with Crippen molar-refractivity contribution in [3.05, 3.63) is 34.9 Å². The topological polar surface area (TPSA) is 20.2 Å². The lowest BCUT2D eigenvalue weighted by Gasteiger charge is -2.16. The van der Waals surface area contributed by atoms with E-state index in [0.29, 0.717) is 0 Å². The van der Waals surface area contributed by atoms with Gasteiger partial charge in [0, 0.05) is 0 Å². The molecule has 1 fully saturated rings. The third-order valence-corrected chi connectivity index (χ3v) is 4.11. The molecular weight excluding hydrogens is 208 g/mol. The van der Waals surface area contributed by atoms with Crippen LogP contribution in [0.3, 0.4) is 0 Å². The Labute approximate surface area is 105 Å². The molecule has 0 aliphatic heterocycles. The van der Waals surface area contributed by atoms with Crippen LogP contribution in [-0.2, 0) is 0 Å². The van der Waals surface area contributed by atoms with Gasteiger partial charge in [-0.1, -0.05) is 49.4 Å². The van der Waals surface area contributed by atoms with Gasteiger partial charge in [0.25, 0.3) is 0 Å². The summed E-state index contributed by atoms with van der Waals surface area (Å²) in [5.41, 5.74) is 3.62. The summed E-state index contributed by atoms with van der Waals surface area (Å²) in [5, 5.41) is 10.3. The highest BCUT2D eigenvalue weighted by atomic mass is 16.3. The zero-order chi connectivity index (χ0) is 12.3. The lowest BCUT2D eigenvalue weighted by molar-refractivity contribution is 0.156. The second-order valence-corrected chi connectivity index (χ2v) is 5.60. The van der Waals surface area contributed by atoms with Crippen molar-refractivity contribution in [2.24, 2.45) is 5.92 Å². The van der Waals surface area contributed by atoms with Gasteiger partial charge in [-0.25, -0.2) is 0 Å². The fourth-order valence-electron chi connectivity index (χ4n) is 3.05. The standard InChI is InChI=1S/C16H24O/c1-12-7-9-15(13(2)11-12)16(17)10-8-14-5-3-4-6-14/h7,9,11,14,16-17H,3-6,8,10H2,1-2H3. The molecule has 0 aromatic heterocycles. The SMILES string of the molecule is Cc1ccc(C(O)CCC2CCCC2)c(C)c1. The van der Waals surface area contributed by atoms with Crippen LogP contribution in [0.1, 0.15) is 61.3 Å². The molecule has 1 aromatic rings. The minimum absolute atomic E-state index is 0.267. The lowest BCUT2D eigenvalue weighted by atomic mass is 9.94. The summed E-state index contributed by atoms with van der Waals surface area (Å²) in [5.74, 6) is 0.871. The first-order valence-corrected chi connectivity index (χ1v) is 6.92. The summed E-state index contributed by atoms with van der Waals surface area (Å²) in [7, 11) is 0. The minimum Gasteiger partial charge on any atom is -0.388 e. The van der Waals surface area contributed by atoms with E-state index in [1.807, 2.05) is 0 Å². The van der Waals surface area contributed by atoms with Crippen LogP contribution < -0.4 is 0 Å². The molecule has 0 amide bonds. The Morgan fingerprint density at radius 2 is 1.94 bits per heavy atom. The molecule has 0 radical (unpaired) electrons. The molecule has 1 nitrogen and oxygen atoms in total. The van der Waals surface area contributed by atoms with Gasteiger partial charge in [-0.05, 0) is 43.7 Å². The van der Waals surface area contributed by atoms with Gasteiger partial charge in [0.05, 0.1) is 6.10 Å². The molecule has 0 heterocycles. The summed E-state index contributed by atoms with van der Waals surface area (Å²) in [6, 6.07) is 6.35. The molecular formula is C16H24O. The van der Waals surface area contributed by atoms with E-state index < -0.39 is 0 Å². The average molecular weight is 232 g/mol. The van der Waals surface area contributed by atoms with Gasteiger partial charge in [0.1, 0.15) is 0 Å². The quantitative estimate of drug-likeness (QED) is 0.820. The Bertz CT molecular complexity index is 364. The summed E-state index contributed by atoms with van der Waals surface area (Å²) in [6.07, 6.45) is 7.38. The van der Waals surface area contributed by atoms with Crippen LogP contribution in [0, 0.1) is 19.8 Å². The smallest absolute Gasteiger partial charge is 0.0792 e. The summed E-state index contributed by atoms with van der Waals surface area (Å²) < 4.78 is 0. The highest BCUT2D eigenvalue weighted by molar-refractivity contribution is 5.31. The first kappa shape index (κ1) is 12.6. The largest absolute Gasteiger partial charge is 0.388 e. The Morgan fingerprint density at radius 3 is 2.59 bits per heavy atom. The van der Waals surface area contributed by atoms with E-state index in [1.165, 1.54) is 43.2 Å². The molecule has 1 N–H and O–H groups in total. The van der Waals surface area contributed by atoms with Crippen molar-refractivity contribution in [1.82, 2.24) is 0 Å². The van der Waals surface area contributed by atoms with Crippen molar-refractivity contribution in [2.45, 2.75) is 58.5 Å². The van der Waals surface area contributed by atoms with E-state index in [2.05, 4.69) is 32.0 Å². The first-order chi connectivity index (χ1) is 8.16. The number of hydrogen-bond acceptors (Lipinski definition) is 1. The predicted octanol–water partition coefficient (Wildman–Crippen LogP) is 4.31. The van der Waals surface area contributed by atoms with E-state index in [-0.39, 0.29) is 6.10 Å². The second-order valence-electron chi connectivity index (χ2n) is 5.60. The van der Waals surface area contributed by atoms with Gasteiger partial charge in [0.2, 0.25) is 0 Å². The van der Waals surface area contributed by atoms with Crippen molar-refractivity contribution in [2.75, 3.05) is 0 Å².